The van der Waals surface area contributed by atoms with Gasteiger partial charge in [-0.2, -0.15) is 0 Å². The number of likely N-dealkylation sites (tertiary alicyclic amines) is 1. The highest BCUT2D eigenvalue weighted by Gasteiger charge is 2.26. The summed E-state index contributed by atoms with van der Waals surface area (Å²) in [6.07, 6.45) is 2.59. The lowest BCUT2D eigenvalue weighted by molar-refractivity contribution is 0.129. The SMILES string of the molecule is CC(C)NCC1CCCN(C(C)c2cc(Cl)sc2Cl)C1. The van der Waals surface area contributed by atoms with Gasteiger partial charge in [-0.05, 0) is 44.8 Å². The van der Waals surface area contributed by atoms with Crippen LogP contribution in [0.5, 0.6) is 0 Å². The molecule has 0 amide bonds. The molecule has 2 atom stereocenters. The van der Waals surface area contributed by atoms with E-state index in [1.54, 1.807) is 0 Å². The first-order valence-electron chi connectivity index (χ1n) is 7.39. The van der Waals surface area contributed by atoms with Gasteiger partial charge in [0.1, 0.15) is 0 Å². The monoisotopic (exact) mass is 334 g/mol. The number of hydrogen-bond donors (Lipinski definition) is 1. The van der Waals surface area contributed by atoms with Crippen molar-refractivity contribution in [1.29, 1.82) is 0 Å². The van der Waals surface area contributed by atoms with Crippen LogP contribution in [-0.2, 0) is 0 Å². The summed E-state index contributed by atoms with van der Waals surface area (Å²) in [5.41, 5.74) is 1.18. The van der Waals surface area contributed by atoms with Gasteiger partial charge in [-0.3, -0.25) is 4.90 Å². The van der Waals surface area contributed by atoms with E-state index in [0.29, 0.717) is 12.1 Å². The van der Waals surface area contributed by atoms with Crippen molar-refractivity contribution in [3.8, 4) is 0 Å². The Labute approximate surface area is 136 Å². The smallest absolute Gasteiger partial charge is 0.0991 e. The average molecular weight is 335 g/mol. The second-order valence-corrected chi connectivity index (χ2v) is 8.31. The highest BCUT2D eigenvalue weighted by Crippen LogP contribution is 2.38. The second-order valence-electron chi connectivity index (χ2n) is 6.02. The first kappa shape index (κ1) is 16.6. The second kappa shape index (κ2) is 7.46. The van der Waals surface area contributed by atoms with Gasteiger partial charge in [0.05, 0.1) is 8.67 Å². The summed E-state index contributed by atoms with van der Waals surface area (Å²) in [7, 11) is 0. The van der Waals surface area contributed by atoms with Crippen LogP contribution in [0, 0.1) is 5.92 Å². The molecule has 0 spiro atoms. The Morgan fingerprint density at radius 1 is 1.40 bits per heavy atom. The minimum absolute atomic E-state index is 0.355. The van der Waals surface area contributed by atoms with Gasteiger partial charge in [0.15, 0.2) is 0 Å². The van der Waals surface area contributed by atoms with Gasteiger partial charge in [0.25, 0.3) is 0 Å². The summed E-state index contributed by atoms with van der Waals surface area (Å²) in [5.74, 6) is 0.737. The van der Waals surface area contributed by atoms with Crippen LogP contribution in [0.15, 0.2) is 6.07 Å². The van der Waals surface area contributed by atoms with Gasteiger partial charge in [-0.25, -0.2) is 0 Å². The van der Waals surface area contributed by atoms with Crippen LogP contribution < -0.4 is 5.32 Å². The minimum atomic E-state index is 0.355. The molecule has 1 saturated heterocycles. The summed E-state index contributed by atoms with van der Waals surface area (Å²) < 4.78 is 1.62. The molecule has 20 heavy (non-hydrogen) atoms. The minimum Gasteiger partial charge on any atom is -0.314 e. The highest BCUT2D eigenvalue weighted by atomic mass is 35.5. The Bertz CT molecular complexity index is 434. The van der Waals surface area contributed by atoms with Crippen molar-refractivity contribution < 1.29 is 0 Å². The molecule has 0 saturated carbocycles. The molecule has 1 aromatic rings. The molecule has 2 heterocycles. The molecule has 5 heteroatoms. The molecule has 0 bridgehead atoms. The zero-order valence-corrected chi connectivity index (χ0v) is 14.8. The van der Waals surface area contributed by atoms with Gasteiger partial charge in [0.2, 0.25) is 0 Å². The van der Waals surface area contributed by atoms with Crippen LogP contribution in [0.3, 0.4) is 0 Å². The Morgan fingerprint density at radius 2 is 2.15 bits per heavy atom. The molecule has 1 N–H and O–H groups in total. The number of thiophene rings is 1. The summed E-state index contributed by atoms with van der Waals surface area (Å²) >= 11 is 13.8. The number of piperidine rings is 1. The molecule has 1 aliphatic heterocycles. The van der Waals surface area contributed by atoms with Crippen molar-refractivity contribution in [1.82, 2.24) is 10.2 Å². The summed E-state index contributed by atoms with van der Waals surface area (Å²) in [5, 5.41) is 3.56. The van der Waals surface area contributed by atoms with Crippen molar-refractivity contribution >= 4 is 34.5 Å². The van der Waals surface area contributed by atoms with Crippen LogP contribution >= 0.6 is 34.5 Å². The third-order valence-corrected chi connectivity index (χ3v) is 5.56. The van der Waals surface area contributed by atoms with Gasteiger partial charge in [0, 0.05) is 24.2 Å². The van der Waals surface area contributed by atoms with E-state index in [2.05, 4.69) is 31.0 Å². The van der Waals surface area contributed by atoms with Gasteiger partial charge in [-0.1, -0.05) is 37.0 Å². The predicted molar refractivity (Wildman–Crippen MR) is 90.2 cm³/mol. The molecule has 0 aromatic carbocycles. The summed E-state index contributed by atoms with van der Waals surface area (Å²) in [6, 6.07) is 2.94. The van der Waals surface area contributed by atoms with Gasteiger partial charge < -0.3 is 5.32 Å². The Balaban J connectivity index is 1.96. The van der Waals surface area contributed by atoms with Crippen molar-refractivity contribution in [2.45, 2.75) is 45.7 Å². The number of hydrogen-bond acceptors (Lipinski definition) is 3. The van der Waals surface area contributed by atoms with E-state index < -0.39 is 0 Å². The quantitative estimate of drug-likeness (QED) is 0.829. The zero-order valence-electron chi connectivity index (χ0n) is 12.5. The topological polar surface area (TPSA) is 15.3 Å². The van der Waals surface area contributed by atoms with Crippen molar-refractivity contribution in [3.63, 3.8) is 0 Å². The molecular formula is C15H24Cl2N2S. The third kappa shape index (κ3) is 4.35. The molecule has 2 rings (SSSR count). The molecule has 1 aliphatic rings. The van der Waals surface area contributed by atoms with E-state index in [9.17, 15) is 0 Å². The largest absolute Gasteiger partial charge is 0.314 e. The molecule has 1 aromatic heterocycles. The van der Waals surface area contributed by atoms with Crippen LogP contribution in [0.2, 0.25) is 8.67 Å². The standard InChI is InChI=1S/C15H24Cl2N2S/c1-10(2)18-8-12-5-4-6-19(9-12)11(3)13-7-14(16)20-15(13)17/h7,10-12,18H,4-6,8-9H2,1-3H3. The fourth-order valence-electron chi connectivity index (χ4n) is 2.85. The van der Waals surface area contributed by atoms with E-state index >= 15 is 0 Å². The van der Waals surface area contributed by atoms with E-state index in [-0.39, 0.29) is 0 Å². The predicted octanol–water partition coefficient (Wildman–Crippen LogP) is 4.83. The van der Waals surface area contributed by atoms with Crippen molar-refractivity contribution in [2.24, 2.45) is 5.92 Å². The molecule has 1 fully saturated rings. The van der Waals surface area contributed by atoms with Gasteiger partial charge in [-0.15, -0.1) is 11.3 Å². The van der Waals surface area contributed by atoms with Crippen LogP contribution in [-0.4, -0.2) is 30.6 Å². The number of halogens is 2. The van der Waals surface area contributed by atoms with E-state index in [4.69, 9.17) is 23.2 Å². The Morgan fingerprint density at radius 3 is 2.75 bits per heavy atom. The molecular weight excluding hydrogens is 311 g/mol. The average Bonchev–Trinajstić information content (AvgIpc) is 2.75. The lowest BCUT2D eigenvalue weighted by atomic mass is 9.95. The fourth-order valence-corrected chi connectivity index (χ4v) is 4.49. The third-order valence-electron chi connectivity index (χ3n) is 4.05. The van der Waals surface area contributed by atoms with Crippen molar-refractivity contribution in [2.75, 3.05) is 19.6 Å². The van der Waals surface area contributed by atoms with Crippen LogP contribution in [0.1, 0.15) is 45.2 Å². The van der Waals surface area contributed by atoms with Crippen LogP contribution in [0.4, 0.5) is 0 Å². The Kier molecular flexibility index (Phi) is 6.18. The van der Waals surface area contributed by atoms with Crippen LogP contribution in [0.25, 0.3) is 0 Å². The van der Waals surface area contributed by atoms with Crippen molar-refractivity contribution in [3.05, 3.63) is 20.3 Å². The number of rotatable bonds is 5. The van der Waals surface area contributed by atoms with Gasteiger partial charge >= 0.3 is 0 Å². The Hall–Kier alpha value is 0.200. The number of nitrogens with one attached hydrogen (secondary N) is 1. The lowest BCUT2D eigenvalue weighted by Crippen LogP contribution is -2.41. The fraction of sp³-hybridized carbons (Fsp3) is 0.733. The first-order valence-corrected chi connectivity index (χ1v) is 8.96. The maximum Gasteiger partial charge on any atom is 0.0991 e. The molecule has 2 unspecified atom stereocenters. The normalized spacial score (nSPS) is 22.4. The van der Waals surface area contributed by atoms with E-state index in [1.807, 2.05) is 6.07 Å². The highest BCUT2D eigenvalue weighted by molar-refractivity contribution is 7.20. The summed E-state index contributed by atoms with van der Waals surface area (Å²) in [4.78, 5) is 2.54. The van der Waals surface area contributed by atoms with E-state index in [0.717, 1.165) is 34.2 Å². The maximum absolute atomic E-state index is 6.29. The zero-order chi connectivity index (χ0) is 14.7. The molecule has 0 aliphatic carbocycles. The van der Waals surface area contributed by atoms with E-state index in [1.165, 1.54) is 29.7 Å². The molecule has 114 valence electrons. The number of nitrogens with zero attached hydrogens (tertiary/aromatic N) is 1. The lowest BCUT2D eigenvalue weighted by Gasteiger charge is -2.37. The molecule has 2 nitrogen and oxygen atoms in total. The summed E-state index contributed by atoms with van der Waals surface area (Å²) in [6.45, 7) is 10.1. The first-order chi connectivity index (χ1) is 9.47. The maximum atomic E-state index is 6.29. The molecule has 0 radical (unpaired) electrons.